The normalized spacial score (nSPS) is 10.0. The molecule has 0 aromatic heterocycles. The maximum atomic E-state index is 13.2. The van der Waals surface area contributed by atoms with Crippen LogP contribution >= 0.6 is 0 Å². The van der Waals surface area contributed by atoms with E-state index in [0.717, 1.165) is 0 Å². The number of aromatic carboxylic acids is 1. The van der Waals surface area contributed by atoms with Gasteiger partial charge in [0.2, 0.25) is 0 Å². The molecule has 0 saturated heterocycles. The Bertz CT molecular complexity index is 613. The van der Waals surface area contributed by atoms with Gasteiger partial charge in [0, 0.05) is 6.07 Å². The second kappa shape index (κ2) is 5.39. The number of carbonyl (C=O) groups is 1. The van der Waals surface area contributed by atoms with Crippen molar-refractivity contribution in [1.82, 2.24) is 0 Å². The Morgan fingerprint density at radius 3 is 2.63 bits per heavy atom. The lowest BCUT2D eigenvalue weighted by Gasteiger charge is -2.12. The smallest absolute Gasteiger partial charge is 0.337 e. The van der Waals surface area contributed by atoms with Gasteiger partial charge in [-0.2, -0.15) is 0 Å². The van der Waals surface area contributed by atoms with E-state index in [2.05, 4.69) is 5.32 Å². The lowest BCUT2D eigenvalue weighted by Crippen LogP contribution is -2.03. The zero-order valence-electron chi connectivity index (χ0n) is 10.2. The number of methoxy groups -OCH3 is 1. The van der Waals surface area contributed by atoms with Gasteiger partial charge in [-0.25, -0.2) is 9.18 Å². The number of carboxylic acids is 1. The van der Waals surface area contributed by atoms with Gasteiger partial charge < -0.3 is 15.2 Å². The van der Waals surface area contributed by atoms with Gasteiger partial charge in [0.15, 0.2) is 0 Å². The summed E-state index contributed by atoms with van der Waals surface area (Å²) in [5.74, 6) is -1.06. The summed E-state index contributed by atoms with van der Waals surface area (Å²) < 4.78 is 18.3. The number of para-hydroxylation sites is 1. The summed E-state index contributed by atoms with van der Waals surface area (Å²) >= 11 is 0. The van der Waals surface area contributed by atoms with Gasteiger partial charge in [0.25, 0.3) is 0 Å². The highest BCUT2D eigenvalue weighted by Gasteiger charge is 2.11. The lowest BCUT2D eigenvalue weighted by atomic mass is 10.1. The molecule has 0 aliphatic heterocycles. The maximum absolute atomic E-state index is 13.2. The monoisotopic (exact) mass is 261 g/mol. The van der Waals surface area contributed by atoms with Crippen LogP contribution in [0.15, 0.2) is 42.5 Å². The topological polar surface area (TPSA) is 58.6 Å². The van der Waals surface area contributed by atoms with Crippen LogP contribution in [0.1, 0.15) is 10.4 Å². The number of anilines is 2. The minimum atomic E-state index is -1.06. The van der Waals surface area contributed by atoms with E-state index in [-0.39, 0.29) is 5.56 Å². The Kier molecular flexibility index (Phi) is 3.66. The summed E-state index contributed by atoms with van der Waals surface area (Å²) in [6.45, 7) is 0. The van der Waals surface area contributed by atoms with Crippen LogP contribution in [0.25, 0.3) is 0 Å². The van der Waals surface area contributed by atoms with Gasteiger partial charge in [0.05, 0.1) is 24.0 Å². The van der Waals surface area contributed by atoms with Crippen molar-refractivity contribution in [3.63, 3.8) is 0 Å². The molecule has 4 nitrogen and oxygen atoms in total. The molecule has 0 bridgehead atoms. The number of nitrogens with one attached hydrogen (secondary N) is 1. The highest BCUT2D eigenvalue weighted by Crippen LogP contribution is 2.29. The molecule has 0 heterocycles. The van der Waals surface area contributed by atoms with E-state index in [4.69, 9.17) is 9.84 Å². The fourth-order valence-electron chi connectivity index (χ4n) is 1.70. The first kappa shape index (κ1) is 12.9. The first-order valence-electron chi connectivity index (χ1n) is 5.54. The van der Waals surface area contributed by atoms with Crippen molar-refractivity contribution in [3.05, 3.63) is 53.8 Å². The number of rotatable bonds is 4. The van der Waals surface area contributed by atoms with Gasteiger partial charge >= 0.3 is 5.97 Å². The Morgan fingerprint density at radius 2 is 1.95 bits per heavy atom. The summed E-state index contributed by atoms with van der Waals surface area (Å²) in [6.07, 6.45) is 0. The molecular formula is C14H12FNO3. The lowest BCUT2D eigenvalue weighted by molar-refractivity contribution is 0.0698. The highest BCUT2D eigenvalue weighted by molar-refractivity contribution is 5.95. The standard InChI is InChI=1S/C14H12FNO3/c1-19-13-7-6-9(15)8-12(13)16-11-5-3-2-4-10(11)14(17)18/h2-8,16H,1H3,(H,17,18). The summed E-state index contributed by atoms with van der Waals surface area (Å²) in [4.78, 5) is 11.1. The van der Waals surface area contributed by atoms with Crippen LogP contribution < -0.4 is 10.1 Å². The number of carboxylic acid groups (broad SMARTS) is 1. The quantitative estimate of drug-likeness (QED) is 0.886. The van der Waals surface area contributed by atoms with E-state index >= 15 is 0 Å². The van der Waals surface area contributed by atoms with Gasteiger partial charge in [-0.3, -0.25) is 0 Å². The maximum Gasteiger partial charge on any atom is 0.337 e. The molecule has 0 fully saturated rings. The van der Waals surface area contributed by atoms with E-state index in [1.807, 2.05) is 0 Å². The second-order valence-corrected chi connectivity index (χ2v) is 3.82. The second-order valence-electron chi connectivity index (χ2n) is 3.82. The largest absolute Gasteiger partial charge is 0.495 e. The SMILES string of the molecule is COc1ccc(F)cc1Nc1ccccc1C(=O)O. The number of ether oxygens (including phenoxy) is 1. The molecule has 0 saturated carbocycles. The molecule has 0 amide bonds. The molecule has 0 radical (unpaired) electrons. The third kappa shape index (κ3) is 2.82. The molecule has 2 aromatic rings. The van der Waals surface area contributed by atoms with E-state index < -0.39 is 11.8 Å². The number of hydrogen-bond acceptors (Lipinski definition) is 3. The molecule has 0 atom stereocenters. The predicted molar refractivity (Wildman–Crippen MR) is 69.6 cm³/mol. The minimum absolute atomic E-state index is 0.105. The van der Waals surface area contributed by atoms with Crippen molar-refractivity contribution in [2.75, 3.05) is 12.4 Å². The van der Waals surface area contributed by atoms with Gasteiger partial charge in [-0.1, -0.05) is 12.1 Å². The van der Waals surface area contributed by atoms with Crippen molar-refractivity contribution in [2.45, 2.75) is 0 Å². The summed E-state index contributed by atoms with van der Waals surface area (Å²) in [5, 5.41) is 11.9. The third-order valence-corrected chi connectivity index (χ3v) is 2.59. The predicted octanol–water partition coefficient (Wildman–Crippen LogP) is 3.28. The molecule has 0 aliphatic rings. The Hall–Kier alpha value is -2.56. The van der Waals surface area contributed by atoms with Crippen molar-refractivity contribution in [3.8, 4) is 5.75 Å². The van der Waals surface area contributed by atoms with E-state index in [1.165, 1.54) is 31.4 Å². The average Bonchev–Trinajstić information content (AvgIpc) is 2.39. The Balaban J connectivity index is 2.41. The van der Waals surface area contributed by atoms with Crippen molar-refractivity contribution in [2.24, 2.45) is 0 Å². The molecule has 0 aliphatic carbocycles. The van der Waals surface area contributed by atoms with Gasteiger partial charge in [0.1, 0.15) is 11.6 Å². The molecule has 5 heteroatoms. The molecule has 98 valence electrons. The molecule has 2 N–H and O–H groups in total. The summed E-state index contributed by atoms with van der Waals surface area (Å²) in [5.41, 5.74) is 0.851. The van der Waals surface area contributed by atoms with Crippen LogP contribution in [0.5, 0.6) is 5.75 Å². The van der Waals surface area contributed by atoms with Crippen LogP contribution in [0.2, 0.25) is 0 Å². The number of halogens is 1. The zero-order chi connectivity index (χ0) is 13.8. The van der Waals surface area contributed by atoms with E-state index in [0.29, 0.717) is 17.1 Å². The molecule has 19 heavy (non-hydrogen) atoms. The molecule has 0 unspecified atom stereocenters. The van der Waals surface area contributed by atoms with Crippen LogP contribution in [0.4, 0.5) is 15.8 Å². The first-order chi connectivity index (χ1) is 9.11. The highest BCUT2D eigenvalue weighted by atomic mass is 19.1. The van der Waals surface area contributed by atoms with Crippen molar-refractivity contribution >= 4 is 17.3 Å². The summed E-state index contributed by atoms with van der Waals surface area (Å²) in [6, 6.07) is 10.4. The summed E-state index contributed by atoms with van der Waals surface area (Å²) in [7, 11) is 1.46. The fourth-order valence-corrected chi connectivity index (χ4v) is 1.70. The van der Waals surface area contributed by atoms with Crippen LogP contribution in [0, 0.1) is 5.82 Å². The Morgan fingerprint density at radius 1 is 1.21 bits per heavy atom. The van der Waals surface area contributed by atoms with Crippen LogP contribution in [-0.2, 0) is 0 Å². The van der Waals surface area contributed by atoms with E-state index in [1.54, 1.807) is 18.2 Å². The van der Waals surface area contributed by atoms with Crippen molar-refractivity contribution < 1.29 is 19.0 Å². The fraction of sp³-hybridized carbons (Fsp3) is 0.0714. The number of benzene rings is 2. The zero-order valence-corrected chi connectivity index (χ0v) is 10.2. The van der Waals surface area contributed by atoms with Crippen LogP contribution in [0.3, 0.4) is 0 Å². The van der Waals surface area contributed by atoms with E-state index in [9.17, 15) is 9.18 Å². The Labute approximate surface area is 109 Å². The van der Waals surface area contributed by atoms with Gasteiger partial charge in [-0.15, -0.1) is 0 Å². The molecule has 0 spiro atoms. The van der Waals surface area contributed by atoms with Crippen molar-refractivity contribution in [1.29, 1.82) is 0 Å². The minimum Gasteiger partial charge on any atom is -0.495 e. The molecule has 2 aromatic carbocycles. The average molecular weight is 261 g/mol. The third-order valence-electron chi connectivity index (χ3n) is 2.59. The molecular weight excluding hydrogens is 249 g/mol. The van der Waals surface area contributed by atoms with Gasteiger partial charge in [-0.05, 0) is 24.3 Å². The first-order valence-corrected chi connectivity index (χ1v) is 5.54. The van der Waals surface area contributed by atoms with Crippen LogP contribution in [-0.4, -0.2) is 18.2 Å². The molecule has 2 rings (SSSR count). The number of hydrogen-bond donors (Lipinski definition) is 2.